The van der Waals surface area contributed by atoms with Crippen LogP contribution in [0.15, 0.2) is 0 Å². The monoisotopic (exact) mass is 257 g/mol. The number of rotatable bonds is 11. The molecule has 0 radical (unpaired) electrons. The zero-order chi connectivity index (χ0) is 14.0. The molecule has 0 saturated heterocycles. The van der Waals surface area contributed by atoms with Crippen LogP contribution in [-0.4, -0.2) is 34.6 Å². The smallest absolute Gasteiger partial charge is 0.323 e. The summed E-state index contributed by atoms with van der Waals surface area (Å²) in [7, 11) is 0. The van der Waals surface area contributed by atoms with Gasteiger partial charge < -0.3 is 5.11 Å². The van der Waals surface area contributed by atoms with Crippen LogP contribution in [0.25, 0.3) is 0 Å². The van der Waals surface area contributed by atoms with Gasteiger partial charge in [0.05, 0.1) is 0 Å². The minimum absolute atomic E-state index is 0.729. The number of unbranched alkanes of at least 4 members (excludes halogenated alkanes) is 6. The number of hydrogen-bond acceptors (Lipinski definition) is 2. The molecule has 1 N–H and O–H groups in total. The van der Waals surface area contributed by atoms with E-state index >= 15 is 0 Å². The zero-order valence-electron chi connectivity index (χ0n) is 12.7. The maximum absolute atomic E-state index is 11.2. The average Bonchev–Trinajstić information content (AvgIpc) is 2.32. The molecule has 0 bridgehead atoms. The lowest BCUT2D eigenvalue weighted by molar-refractivity contribution is -0.149. The highest BCUT2D eigenvalue weighted by Gasteiger charge is 2.32. The highest BCUT2D eigenvalue weighted by molar-refractivity contribution is 5.77. The van der Waals surface area contributed by atoms with Crippen molar-refractivity contribution in [3.63, 3.8) is 0 Å². The number of hydrogen-bond donors (Lipinski definition) is 1. The van der Waals surface area contributed by atoms with Gasteiger partial charge in [-0.3, -0.25) is 9.69 Å². The highest BCUT2D eigenvalue weighted by Crippen LogP contribution is 2.16. The van der Waals surface area contributed by atoms with E-state index in [-0.39, 0.29) is 0 Å². The molecule has 0 aromatic heterocycles. The number of carbonyl (C=O) groups is 1. The lowest BCUT2D eigenvalue weighted by Gasteiger charge is -2.34. The molecule has 0 unspecified atom stereocenters. The van der Waals surface area contributed by atoms with Gasteiger partial charge in [0.1, 0.15) is 5.54 Å². The zero-order valence-corrected chi connectivity index (χ0v) is 12.7. The number of nitrogens with zero attached hydrogens (tertiary/aromatic N) is 1. The van der Waals surface area contributed by atoms with E-state index in [1.807, 2.05) is 6.92 Å². The third kappa shape index (κ3) is 6.39. The van der Waals surface area contributed by atoms with Crippen molar-refractivity contribution in [3.05, 3.63) is 0 Å². The number of carboxylic acid groups (broad SMARTS) is 1. The van der Waals surface area contributed by atoms with Crippen molar-refractivity contribution in [2.75, 3.05) is 13.1 Å². The molecule has 0 rings (SSSR count). The van der Waals surface area contributed by atoms with E-state index in [1.165, 1.54) is 38.5 Å². The third-order valence-corrected chi connectivity index (χ3v) is 3.73. The minimum atomic E-state index is -0.739. The van der Waals surface area contributed by atoms with E-state index in [9.17, 15) is 9.90 Å². The van der Waals surface area contributed by atoms with Gasteiger partial charge in [0, 0.05) is 0 Å². The van der Waals surface area contributed by atoms with Gasteiger partial charge >= 0.3 is 5.97 Å². The fraction of sp³-hybridized carbons (Fsp3) is 0.933. The van der Waals surface area contributed by atoms with Crippen molar-refractivity contribution in [2.45, 2.75) is 78.2 Å². The Kier molecular flexibility index (Phi) is 9.08. The first-order valence-corrected chi connectivity index (χ1v) is 7.45. The fourth-order valence-electron chi connectivity index (χ4n) is 2.23. The molecule has 18 heavy (non-hydrogen) atoms. The van der Waals surface area contributed by atoms with Gasteiger partial charge in [0.2, 0.25) is 0 Å². The maximum atomic E-state index is 11.2. The standard InChI is InChI=1S/C15H31NO2/c1-5-7-8-9-10-11-12-13-16(6-2)15(3,4)14(17)18/h5-13H2,1-4H3,(H,17,18). The quantitative estimate of drug-likeness (QED) is 0.570. The second-order valence-corrected chi connectivity index (χ2v) is 5.57. The number of carboxylic acids is 1. The lowest BCUT2D eigenvalue weighted by Crippen LogP contribution is -2.50. The Morgan fingerprint density at radius 1 is 1.00 bits per heavy atom. The largest absolute Gasteiger partial charge is 0.480 e. The van der Waals surface area contributed by atoms with Gasteiger partial charge in [-0.1, -0.05) is 52.4 Å². The summed E-state index contributed by atoms with van der Waals surface area (Å²) in [4.78, 5) is 13.2. The summed E-state index contributed by atoms with van der Waals surface area (Å²) in [5.74, 6) is -0.729. The molecule has 0 amide bonds. The van der Waals surface area contributed by atoms with E-state index in [0.29, 0.717) is 0 Å². The summed E-state index contributed by atoms with van der Waals surface area (Å²) in [5, 5.41) is 9.20. The summed E-state index contributed by atoms with van der Waals surface area (Å²) in [6.45, 7) is 9.54. The normalized spacial score (nSPS) is 12.1. The Balaban J connectivity index is 3.78. The molecular formula is C15H31NO2. The summed E-state index contributed by atoms with van der Waals surface area (Å²) in [6, 6.07) is 0. The van der Waals surface area contributed by atoms with Crippen LogP contribution < -0.4 is 0 Å². The second-order valence-electron chi connectivity index (χ2n) is 5.57. The molecule has 0 aromatic rings. The molecule has 0 spiro atoms. The van der Waals surface area contributed by atoms with E-state index in [1.54, 1.807) is 13.8 Å². The van der Waals surface area contributed by atoms with Gasteiger partial charge in [-0.2, -0.15) is 0 Å². The van der Waals surface area contributed by atoms with E-state index in [2.05, 4.69) is 11.8 Å². The molecule has 0 fully saturated rings. The highest BCUT2D eigenvalue weighted by atomic mass is 16.4. The second kappa shape index (κ2) is 9.37. The molecule has 0 aromatic carbocycles. The number of aliphatic carboxylic acids is 1. The Morgan fingerprint density at radius 3 is 1.94 bits per heavy atom. The van der Waals surface area contributed by atoms with Crippen molar-refractivity contribution in [1.82, 2.24) is 4.90 Å². The van der Waals surface area contributed by atoms with Crippen LogP contribution in [0.1, 0.15) is 72.6 Å². The lowest BCUT2D eigenvalue weighted by atomic mass is 10.0. The van der Waals surface area contributed by atoms with Crippen molar-refractivity contribution >= 4 is 5.97 Å². The topological polar surface area (TPSA) is 40.5 Å². The predicted molar refractivity (Wildman–Crippen MR) is 77.0 cm³/mol. The molecule has 3 heteroatoms. The van der Waals surface area contributed by atoms with Crippen LogP contribution in [0.3, 0.4) is 0 Å². The van der Waals surface area contributed by atoms with Crippen LogP contribution in [0, 0.1) is 0 Å². The van der Waals surface area contributed by atoms with Crippen molar-refractivity contribution in [3.8, 4) is 0 Å². The van der Waals surface area contributed by atoms with Crippen molar-refractivity contribution < 1.29 is 9.90 Å². The Bertz CT molecular complexity index is 227. The molecule has 0 aliphatic carbocycles. The van der Waals surface area contributed by atoms with Crippen LogP contribution in [0.4, 0.5) is 0 Å². The van der Waals surface area contributed by atoms with Crippen molar-refractivity contribution in [1.29, 1.82) is 0 Å². The molecule has 0 heterocycles. The van der Waals surface area contributed by atoms with Crippen LogP contribution in [0.2, 0.25) is 0 Å². The molecule has 0 aliphatic rings. The maximum Gasteiger partial charge on any atom is 0.323 e. The van der Waals surface area contributed by atoms with Gasteiger partial charge in [-0.15, -0.1) is 0 Å². The molecule has 0 saturated carbocycles. The summed E-state index contributed by atoms with van der Waals surface area (Å²) < 4.78 is 0. The minimum Gasteiger partial charge on any atom is -0.480 e. The first kappa shape index (κ1) is 17.4. The van der Waals surface area contributed by atoms with E-state index in [4.69, 9.17) is 0 Å². The van der Waals surface area contributed by atoms with Crippen LogP contribution >= 0.6 is 0 Å². The Labute approximate surface area is 113 Å². The summed E-state index contributed by atoms with van der Waals surface area (Å²) in [6.07, 6.45) is 8.90. The van der Waals surface area contributed by atoms with Gasteiger partial charge in [-0.25, -0.2) is 0 Å². The third-order valence-electron chi connectivity index (χ3n) is 3.73. The van der Waals surface area contributed by atoms with Crippen LogP contribution in [-0.2, 0) is 4.79 Å². The van der Waals surface area contributed by atoms with Gasteiger partial charge in [0.25, 0.3) is 0 Å². The Morgan fingerprint density at radius 2 is 1.50 bits per heavy atom. The SMILES string of the molecule is CCCCCCCCCN(CC)C(C)(C)C(=O)O. The first-order valence-electron chi connectivity index (χ1n) is 7.45. The molecule has 0 aliphatic heterocycles. The average molecular weight is 257 g/mol. The van der Waals surface area contributed by atoms with E-state index in [0.717, 1.165) is 19.5 Å². The molecule has 0 atom stereocenters. The Hall–Kier alpha value is -0.570. The van der Waals surface area contributed by atoms with Crippen LogP contribution in [0.5, 0.6) is 0 Å². The van der Waals surface area contributed by atoms with Gasteiger partial charge in [-0.05, 0) is 33.4 Å². The van der Waals surface area contributed by atoms with Crippen molar-refractivity contribution in [2.24, 2.45) is 0 Å². The van der Waals surface area contributed by atoms with E-state index < -0.39 is 11.5 Å². The first-order chi connectivity index (χ1) is 8.46. The fourth-order valence-corrected chi connectivity index (χ4v) is 2.23. The summed E-state index contributed by atoms with van der Waals surface area (Å²) in [5.41, 5.74) is -0.739. The molecule has 3 nitrogen and oxygen atoms in total. The number of likely N-dealkylation sites (N-methyl/N-ethyl adjacent to an activating group) is 1. The molecule has 108 valence electrons. The van der Waals surface area contributed by atoms with Gasteiger partial charge in [0.15, 0.2) is 0 Å². The predicted octanol–water partition coefficient (Wildman–Crippen LogP) is 3.92. The molecular weight excluding hydrogens is 226 g/mol. The summed E-state index contributed by atoms with van der Waals surface area (Å²) >= 11 is 0.